The van der Waals surface area contributed by atoms with Crippen LogP contribution in [0.15, 0.2) is 42.5 Å². The van der Waals surface area contributed by atoms with Gasteiger partial charge in [0.1, 0.15) is 6.61 Å². The third kappa shape index (κ3) is 3.55. The Morgan fingerprint density at radius 2 is 2.08 bits per heavy atom. The van der Waals surface area contributed by atoms with Gasteiger partial charge < -0.3 is 14.5 Å². The summed E-state index contributed by atoms with van der Waals surface area (Å²) in [5.41, 5.74) is 0.748. The van der Waals surface area contributed by atoms with Gasteiger partial charge in [0, 0.05) is 25.2 Å². The fourth-order valence-electron chi connectivity index (χ4n) is 3.91. The molecule has 0 saturated carbocycles. The van der Waals surface area contributed by atoms with Crippen LogP contribution in [0.5, 0.6) is 0 Å². The van der Waals surface area contributed by atoms with E-state index in [-0.39, 0.29) is 30.2 Å². The summed E-state index contributed by atoms with van der Waals surface area (Å²) in [5, 5.41) is 0. The lowest BCUT2D eigenvalue weighted by molar-refractivity contribution is -0.130. The van der Waals surface area contributed by atoms with Crippen LogP contribution in [0.3, 0.4) is 0 Å². The quantitative estimate of drug-likeness (QED) is 0.843. The van der Waals surface area contributed by atoms with Crippen molar-refractivity contribution < 1.29 is 14.3 Å². The highest BCUT2D eigenvalue weighted by atomic mass is 16.6. The first-order valence-electron chi connectivity index (χ1n) is 9.04. The number of hydrogen-bond acceptors (Lipinski definition) is 3. The zero-order valence-electron chi connectivity index (χ0n) is 15.0. The molecule has 2 amide bonds. The van der Waals surface area contributed by atoms with Crippen LogP contribution in [-0.2, 0) is 16.1 Å². The molecule has 0 aliphatic carbocycles. The maximum absolute atomic E-state index is 12.5. The largest absolute Gasteiger partial charge is 0.445 e. The van der Waals surface area contributed by atoms with Gasteiger partial charge in [-0.2, -0.15) is 0 Å². The molecule has 5 heteroatoms. The zero-order valence-corrected chi connectivity index (χ0v) is 15.0. The molecular formula is C20H26N2O3. The number of likely N-dealkylation sites (tertiary alicyclic amines) is 1. The van der Waals surface area contributed by atoms with E-state index in [4.69, 9.17) is 4.74 Å². The van der Waals surface area contributed by atoms with E-state index in [9.17, 15) is 9.59 Å². The van der Waals surface area contributed by atoms with Crippen molar-refractivity contribution in [3.8, 4) is 0 Å². The van der Waals surface area contributed by atoms with Crippen molar-refractivity contribution in [3.63, 3.8) is 0 Å². The highest BCUT2D eigenvalue weighted by Gasteiger charge is 2.46. The van der Waals surface area contributed by atoms with Gasteiger partial charge in [0.05, 0.1) is 5.54 Å². The molecule has 1 aromatic rings. The van der Waals surface area contributed by atoms with E-state index in [1.54, 1.807) is 11.0 Å². The van der Waals surface area contributed by atoms with Gasteiger partial charge in [-0.3, -0.25) is 4.79 Å². The van der Waals surface area contributed by atoms with Gasteiger partial charge in [-0.25, -0.2) is 4.79 Å². The van der Waals surface area contributed by atoms with Crippen molar-refractivity contribution >= 4 is 12.0 Å². The molecule has 1 fully saturated rings. The van der Waals surface area contributed by atoms with E-state index in [2.05, 4.69) is 6.92 Å². The Balaban J connectivity index is 1.61. The van der Waals surface area contributed by atoms with Crippen LogP contribution in [0, 0.1) is 0 Å². The van der Waals surface area contributed by atoms with Crippen molar-refractivity contribution in [1.82, 2.24) is 9.80 Å². The number of amides is 2. The lowest BCUT2D eigenvalue weighted by Crippen LogP contribution is -2.57. The van der Waals surface area contributed by atoms with E-state index in [0.717, 1.165) is 31.4 Å². The second-order valence-electron chi connectivity index (χ2n) is 6.96. The summed E-state index contributed by atoms with van der Waals surface area (Å²) in [6, 6.07) is 9.73. The number of carbonyl (C=O) groups is 2. The molecule has 2 aliphatic heterocycles. The van der Waals surface area contributed by atoms with Crippen LogP contribution in [0.25, 0.3) is 0 Å². The zero-order chi connectivity index (χ0) is 17.9. The summed E-state index contributed by atoms with van der Waals surface area (Å²) in [7, 11) is 0. The first-order valence-corrected chi connectivity index (χ1v) is 9.04. The first kappa shape index (κ1) is 17.5. The van der Waals surface area contributed by atoms with Gasteiger partial charge in [-0.1, -0.05) is 43.3 Å². The molecule has 0 N–H and O–H groups in total. The molecule has 3 rings (SSSR count). The summed E-state index contributed by atoms with van der Waals surface area (Å²) >= 11 is 0. The van der Waals surface area contributed by atoms with E-state index >= 15 is 0 Å². The molecule has 1 aromatic carbocycles. The Morgan fingerprint density at radius 3 is 2.76 bits per heavy atom. The van der Waals surface area contributed by atoms with Gasteiger partial charge in [0.2, 0.25) is 5.91 Å². The minimum atomic E-state index is -0.276. The van der Waals surface area contributed by atoms with Crippen LogP contribution in [0.4, 0.5) is 4.79 Å². The average Bonchev–Trinajstić information content (AvgIpc) is 2.90. The molecule has 0 unspecified atom stereocenters. The second kappa shape index (κ2) is 7.30. The molecule has 1 saturated heterocycles. The summed E-state index contributed by atoms with van der Waals surface area (Å²) < 4.78 is 5.47. The van der Waals surface area contributed by atoms with E-state index in [0.29, 0.717) is 6.54 Å². The van der Waals surface area contributed by atoms with Crippen LogP contribution in [0.2, 0.25) is 0 Å². The maximum atomic E-state index is 12.5. The third-order valence-electron chi connectivity index (χ3n) is 5.19. The highest BCUT2D eigenvalue weighted by molar-refractivity contribution is 5.91. The Morgan fingerprint density at radius 1 is 1.32 bits per heavy atom. The number of piperidine rings is 1. The van der Waals surface area contributed by atoms with E-state index in [1.807, 2.05) is 48.2 Å². The molecule has 2 atom stereocenters. The molecule has 2 aliphatic rings. The van der Waals surface area contributed by atoms with Crippen LogP contribution in [0.1, 0.15) is 38.7 Å². The molecular weight excluding hydrogens is 316 g/mol. The minimum Gasteiger partial charge on any atom is -0.445 e. The van der Waals surface area contributed by atoms with Crippen LogP contribution in [-0.4, -0.2) is 46.5 Å². The fraction of sp³-hybridized carbons (Fsp3) is 0.500. The summed E-state index contributed by atoms with van der Waals surface area (Å²) in [6.45, 7) is 5.77. The lowest BCUT2D eigenvalue weighted by atomic mass is 9.83. The number of carbonyl (C=O) groups excluding carboxylic acids is 2. The fourth-order valence-corrected chi connectivity index (χ4v) is 3.91. The third-order valence-corrected chi connectivity index (χ3v) is 5.19. The Labute approximate surface area is 149 Å². The number of nitrogens with zero attached hydrogens (tertiary/aromatic N) is 2. The molecule has 0 radical (unpaired) electrons. The predicted molar refractivity (Wildman–Crippen MR) is 95.9 cm³/mol. The number of ether oxygens (including phenoxy) is 1. The lowest BCUT2D eigenvalue weighted by Gasteiger charge is -2.47. The maximum Gasteiger partial charge on any atom is 0.410 e. The van der Waals surface area contributed by atoms with E-state index in [1.165, 1.54) is 0 Å². The number of rotatable bonds is 4. The molecule has 0 bridgehead atoms. The Bertz CT molecular complexity index is 658. The van der Waals surface area contributed by atoms with Crippen molar-refractivity contribution in [2.75, 3.05) is 13.1 Å². The minimum absolute atomic E-state index is 0.0342. The van der Waals surface area contributed by atoms with Crippen molar-refractivity contribution in [2.24, 2.45) is 0 Å². The van der Waals surface area contributed by atoms with E-state index < -0.39 is 0 Å². The topological polar surface area (TPSA) is 49.9 Å². The smallest absolute Gasteiger partial charge is 0.410 e. The van der Waals surface area contributed by atoms with Gasteiger partial charge >= 0.3 is 6.09 Å². The normalized spacial score (nSPS) is 25.7. The van der Waals surface area contributed by atoms with Gasteiger partial charge in [-0.15, -0.1) is 0 Å². The molecule has 25 heavy (non-hydrogen) atoms. The molecule has 0 aromatic heterocycles. The average molecular weight is 342 g/mol. The van der Waals surface area contributed by atoms with Crippen molar-refractivity contribution in [2.45, 2.75) is 51.3 Å². The summed E-state index contributed by atoms with van der Waals surface area (Å²) in [4.78, 5) is 28.4. The molecule has 1 spiro atoms. The predicted octanol–water partition coefficient (Wildman–Crippen LogP) is 3.35. The summed E-state index contributed by atoms with van der Waals surface area (Å²) in [6.07, 6.45) is 5.91. The van der Waals surface area contributed by atoms with Gasteiger partial charge in [0.15, 0.2) is 0 Å². The Kier molecular flexibility index (Phi) is 5.11. The van der Waals surface area contributed by atoms with Crippen molar-refractivity contribution in [3.05, 3.63) is 48.0 Å². The number of benzene rings is 1. The molecule has 134 valence electrons. The molecule has 5 nitrogen and oxygen atoms in total. The van der Waals surface area contributed by atoms with Gasteiger partial charge in [0.25, 0.3) is 0 Å². The van der Waals surface area contributed by atoms with Crippen molar-refractivity contribution in [1.29, 1.82) is 0 Å². The summed E-state index contributed by atoms with van der Waals surface area (Å²) in [5.74, 6) is 0.0918. The van der Waals surface area contributed by atoms with Crippen LogP contribution < -0.4 is 0 Å². The van der Waals surface area contributed by atoms with Crippen LogP contribution >= 0.6 is 0 Å². The van der Waals surface area contributed by atoms with Gasteiger partial charge in [-0.05, 0) is 31.7 Å². The number of hydrogen-bond donors (Lipinski definition) is 0. The monoisotopic (exact) mass is 342 g/mol. The standard InChI is InChI=1S/C20H26N2O3/c1-3-12-22-18(23)9-10-20(22)11-13-21(16(2)14-20)19(24)25-15-17-7-5-4-6-8-17/h4-10,16H,3,11-15H2,1-2H3/t16-,20+/m0/s1. The highest BCUT2D eigenvalue weighted by Crippen LogP contribution is 2.37. The second-order valence-corrected chi connectivity index (χ2v) is 6.96. The molecule has 2 heterocycles. The first-order chi connectivity index (χ1) is 12.1. The SMILES string of the molecule is CCCN1C(=O)C=C[C@]12CCN(C(=O)OCc1ccccc1)[C@@H](C)C2. The Hall–Kier alpha value is -2.30.